The van der Waals surface area contributed by atoms with E-state index in [-0.39, 0.29) is 16.8 Å². The summed E-state index contributed by atoms with van der Waals surface area (Å²) in [7, 11) is -9.63. The number of carbonyl (C=O) groups is 1. The predicted molar refractivity (Wildman–Crippen MR) is 122 cm³/mol. The molecule has 13 heteroatoms. The molecule has 0 atom stereocenters. The number of hydrogen-bond acceptors (Lipinski definition) is 7. The molecule has 0 radical (unpaired) electrons. The lowest BCUT2D eigenvalue weighted by atomic mass is 10.1. The minimum Gasteiger partial charge on any atom is -0.322 e. The maximum absolute atomic E-state index is 12.3. The van der Waals surface area contributed by atoms with Gasteiger partial charge in [0.2, 0.25) is 0 Å². The van der Waals surface area contributed by atoms with E-state index in [1.807, 2.05) is 0 Å². The van der Waals surface area contributed by atoms with Crippen LogP contribution in [0.2, 0.25) is 0 Å². The molecule has 0 saturated carbocycles. The van der Waals surface area contributed by atoms with Crippen molar-refractivity contribution < 1.29 is 35.7 Å². The molecule has 11 nitrogen and oxygen atoms in total. The van der Waals surface area contributed by atoms with Gasteiger partial charge in [-0.3, -0.25) is 24.0 Å². The van der Waals surface area contributed by atoms with Gasteiger partial charge >= 0.3 is 0 Å². The Balaban J connectivity index is 2.01. The molecule has 0 unspecified atom stereocenters. The maximum atomic E-state index is 12.3. The molecule has 0 aromatic heterocycles. The minimum absolute atomic E-state index is 0.0626. The zero-order chi connectivity index (χ0) is 25.1. The van der Waals surface area contributed by atoms with Crippen LogP contribution in [0, 0.1) is 10.1 Å². The smallest absolute Gasteiger partial charge is 0.295 e. The maximum Gasteiger partial charge on any atom is 0.295 e. The quantitative estimate of drug-likeness (QED) is 0.188. The molecule has 0 aliphatic rings. The number of anilines is 1. The summed E-state index contributed by atoms with van der Waals surface area (Å²) in [4.78, 5) is 21.0. The third-order valence-corrected chi connectivity index (χ3v) is 6.33. The van der Waals surface area contributed by atoms with Crippen LogP contribution < -0.4 is 5.32 Å². The number of nitro benzene ring substituents is 1. The number of nitro groups is 1. The first-order valence-corrected chi connectivity index (χ1v) is 12.2. The lowest BCUT2D eigenvalue weighted by Gasteiger charge is -2.09. The molecule has 3 N–H and O–H groups in total. The van der Waals surface area contributed by atoms with Crippen LogP contribution >= 0.6 is 0 Å². The first kappa shape index (κ1) is 24.7. The molecular formula is C21H16N2O9S2. The molecule has 176 valence electrons. The highest BCUT2D eigenvalue weighted by Gasteiger charge is 2.20. The zero-order valence-corrected chi connectivity index (χ0v) is 18.7. The zero-order valence-electron chi connectivity index (χ0n) is 17.0. The molecule has 0 bridgehead atoms. The summed E-state index contributed by atoms with van der Waals surface area (Å²) < 4.78 is 66.2. The fourth-order valence-corrected chi connectivity index (χ4v) is 4.36. The SMILES string of the molecule is O=C(Nc1ccc(C=Cc2ccc([N+](=O)[O-])cc2S(=O)(=O)O)c(S(=O)(=O)O)c1)c1ccccc1. The number of rotatable bonds is 7. The lowest BCUT2D eigenvalue weighted by Crippen LogP contribution is -2.12. The van der Waals surface area contributed by atoms with E-state index in [4.69, 9.17) is 0 Å². The van der Waals surface area contributed by atoms with Gasteiger partial charge in [-0.05, 0) is 41.5 Å². The van der Waals surface area contributed by atoms with Gasteiger partial charge in [0, 0.05) is 23.4 Å². The normalized spacial score (nSPS) is 11.9. The van der Waals surface area contributed by atoms with Gasteiger partial charge < -0.3 is 5.32 Å². The summed E-state index contributed by atoms with van der Waals surface area (Å²) in [5, 5.41) is 13.4. The second kappa shape index (κ2) is 9.52. The van der Waals surface area contributed by atoms with Crippen LogP contribution in [-0.4, -0.2) is 36.8 Å². The van der Waals surface area contributed by atoms with Crippen molar-refractivity contribution in [1.82, 2.24) is 0 Å². The first-order chi connectivity index (χ1) is 15.9. The second-order valence-corrected chi connectivity index (χ2v) is 9.62. The highest BCUT2D eigenvalue weighted by atomic mass is 32.2. The highest BCUT2D eigenvalue weighted by Crippen LogP contribution is 2.27. The standard InChI is InChI=1S/C21H16N2O9S2/c24-21(16-4-2-1-3-5-16)22-17-10-8-14(19(12-17)33(27,28)29)6-7-15-9-11-18(23(25)26)13-20(15)34(30,31)32/h1-13H,(H,22,24)(H,27,28,29)(H,30,31,32). The number of hydrogen-bond donors (Lipinski definition) is 3. The molecule has 3 aromatic carbocycles. The van der Waals surface area contributed by atoms with Crippen molar-refractivity contribution in [3.63, 3.8) is 0 Å². The van der Waals surface area contributed by atoms with E-state index < -0.39 is 46.5 Å². The number of amides is 1. The summed E-state index contributed by atoms with van der Waals surface area (Å²) in [6, 6.07) is 14.4. The van der Waals surface area contributed by atoms with Gasteiger partial charge in [-0.25, -0.2) is 0 Å². The predicted octanol–water partition coefficient (Wildman–Crippen LogP) is 3.51. The van der Waals surface area contributed by atoms with Crippen LogP contribution in [-0.2, 0) is 20.2 Å². The molecule has 0 saturated heterocycles. The van der Waals surface area contributed by atoms with Gasteiger partial charge in [-0.2, -0.15) is 16.8 Å². The number of benzene rings is 3. The Bertz CT molecular complexity index is 1520. The van der Waals surface area contributed by atoms with Gasteiger partial charge in [-0.1, -0.05) is 36.4 Å². The van der Waals surface area contributed by atoms with Crippen molar-refractivity contribution in [2.24, 2.45) is 0 Å². The van der Waals surface area contributed by atoms with E-state index in [0.717, 1.165) is 30.4 Å². The third-order valence-electron chi connectivity index (χ3n) is 4.51. The summed E-state index contributed by atoms with van der Waals surface area (Å²) in [6.45, 7) is 0. The van der Waals surface area contributed by atoms with Crippen molar-refractivity contribution in [2.45, 2.75) is 9.79 Å². The van der Waals surface area contributed by atoms with Gasteiger partial charge in [0.05, 0.1) is 4.92 Å². The lowest BCUT2D eigenvalue weighted by molar-refractivity contribution is -0.385. The van der Waals surface area contributed by atoms with Gasteiger partial charge in [0.25, 0.3) is 31.8 Å². The van der Waals surface area contributed by atoms with E-state index in [1.54, 1.807) is 30.3 Å². The van der Waals surface area contributed by atoms with Crippen LogP contribution in [0.5, 0.6) is 0 Å². The van der Waals surface area contributed by atoms with Crippen molar-refractivity contribution in [3.8, 4) is 0 Å². The average molecular weight is 504 g/mol. The molecule has 3 rings (SSSR count). The Morgan fingerprint density at radius 1 is 0.824 bits per heavy atom. The summed E-state index contributed by atoms with van der Waals surface area (Å²) in [5.41, 5.74) is -0.457. The number of nitrogens with zero attached hydrogens (tertiary/aromatic N) is 1. The van der Waals surface area contributed by atoms with Gasteiger partial charge in [0.15, 0.2) is 0 Å². The Hall–Kier alpha value is -3.91. The third kappa shape index (κ3) is 5.90. The Morgan fingerprint density at radius 2 is 1.35 bits per heavy atom. The Kier molecular flexibility index (Phi) is 6.93. The fraction of sp³-hybridized carbons (Fsp3) is 0. The number of carbonyl (C=O) groups excluding carboxylic acids is 1. The van der Waals surface area contributed by atoms with Crippen LogP contribution in [0.15, 0.2) is 76.5 Å². The van der Waals surface area contributed by atoms with Gasteiger partial charge in [-0.15, -0.1) is 0 Å². The number of nitrogens with one attached hydrogen (secondary N) is 1. The molecule has 0 heterocycles. The molecular weight excluding hydrogens is 488 g/mol. The molecule has 0 spiro atoms. The Labute approximate surface area is 194 Å². The monoisotopic (exact) mass is 504 g/mol. The molecule has 0 fully saturated rings. The molecule has 0 aliphatic heterocycles. The highest BCUT2D eigenvalue weighted by molar-refractivity contribution is 7.86. The molecule has 3 aromatic rings. The first-order valence-electron chi connectivity index (χ1n) is 9.28. The van der Waals surface area contributed by atoms with E-state index in [1.165, 1.54) is 12.1 Å². The summed E-state index contributed by atoms with van der Waals surface area (Å²) in [5.74, 6) is -0.520. The Morgan fingerprint density at radius 3 is 1.88 bits per heavy atom. The molecule has 1 amide bonds. The molecule has 34 heavy (non-hydrogen) atoms. The summed E-state index contributed by atoms with van der Waals surface area (Å²) in [6.07, 6.45) is 2.22. The van der Waals surface area contributed by atoms with Crippen LogP contribution in [0.25, 0.3) is 12.2 Å². The van der Waals surface area contributed by atoms with E-state index >= 15 is 0 Å². The van der Waals surface area contributed by atoms with Crippen LogP contribution in [0.4, 0.5) is 11.4 Å². The van der Waals surface area contributed by atoms with Crippen molar-refractivity contribution in [2.75, 3.05) is 5.32 Å². The molecule has 0 aliphatic carbocycles. The van der Waals surface area contributed by atoms with E-state index in [0.29, 0.717) is 11.6 Å². The second-order valence-electron chi connectivity index (χ2n) is 6.84. The van der Waals surface area contributed by atoms with Crippen molar-refractivity contribution in [1.29, 1.82) is 0 Å². The van der Waals surface area contributed by atoms with Crippen LogP contribution in [0.3, 0.4) is 0 Å². The minimum atomic E-state index is -4.85. The van der Waals surface area contributed by atoms with Crippen molar-refractivity contribution >= 4 is 49.7 Å². The van der Waals surface area contributed by atoms with Crippen molar-refractivity contribution in [3.05, 3.63) is 93.5 Å². The van der Waals surface area contributed by atoms with Crippen LogP contribution in [0.1, 0.15) is 21.5 Å². The fourth-order valence-electron chi connectivity index (χ4n) is 2.94. The van der Waals surface area contributed by atoms with E-state index in [2.05, 4.69) is 5.32 Å². The van der Waals surface area contributed by atoms with Gasteiger partial charge in [0.1, 0.15) is 9.79 Å². The average Bonchev–Trinajstić information content (AvgIpc) is 2.77. The van der Waals surface area contributed by atoms with E-state index in [9.17, 15) is 40.8 Å². The number of non-ortho nitro benzene ring substituents is 1. The summed E-state index contributed by atoms with van der Waals surface area (Å²) >= 11 is 0. The largest absolute Gasteiger partial charge is 0.322 e. The topological polar surface area (TPSA) is 181 Å².